The summed E-state index contributed by atoms with van der Waals surface area (Å²) in [5.41, 5.74) is 6.17. The first kappa shape index (κ1) is 14.9. The minimum Gasteiger partial charge on any atom is -0.457 e. The minimum atomic E-state index is 0.788. The van der Waals surface area contributed by atoms with E-state index in [0.717, 1.165) is 22.7 Å². The van der Waals surface area contributed by atoms with E-state index in [0.29, 0.717) is 0 Å². The summed E-state index contributed by atoms with van der Waals surface area (Å²) >= 11 is 0. The molecular weight excluding hydrogens is 284 g/mol. The van der Waals surface area contributed by atoms with E-state index in [2.05, 4.69) is 23.5 Å². The Kier molecular flexibility index (Phi) is 4.69. The van der Waals surface area contributed by atoms with E-state index in [1.165, 1.54) is 5.56 Å². The highest BCUT2D eigenvalue weighted by molar-refractivity contribution is 5.80. The summed E-state index contributed by atoms with van der Waals surface area (Å²) in [5, 5.41) is 4.27. The summed E-state index contributed by atoms with van der Waals surface area (Å²) in [7, 11) is 0. The molecule has 3 rings (SSSR count). The van der Waals surface area contributed by atoms with Crippen molar-refractivity contribution in [1.29, 1.82) is 0 Å². The van der Waals surface area contributed by atoms with Crippen LogP contribution in [0, 0.1) is 6.92 Å². The van der Waals surface area contributed by atoms with Crippen molar-refractivity contribution in [3.05, 3.63) is 90.0 Å². The zero-order valence-electron chi connectivity index (χ0n) is 12.9. The van der Waals surface area contributed by atoms with Gasteiger partial charge < -0.3 is 4.74 Å². The summed E-state index contributed by atoms with van der Waals surface area (Å²) in [4.78, 5) is 0. The lowest BCUT2D eigenvalue weighted by Crippen LogP contribution is -1.91. The van der Waals surface area contributed by atoms with Crippen molar-refractivity contribution >= 4 is 11.9 Å². The van der Waals surface area contributed by atoms with Crippen LogP contribution < -0.4 is 10.2 Å². The van der Waals surface area contributed by atoms with Crippen molar-refractivity contribution < 1.29 is 4.74 Å². The molecule has 0 saturated carbocycles. The third-order valence-corrected chi connectivity index (χ3v) is 3.26. The number of para-hydroxylation sites is 1. The number of hydrazone groups is 1. The van der Waals surface area contributed by atoms with Crippen molar-refractivity contribution in [2.24, 2.45) is 5.10 Å². The fourth-order valence-corrected chi connectivity index (χ4v) is 2.18. The van der Waals surface area contributed by atoms with Gasteiger partial charge in [0, 0.05) is 0 Å². The maximum absolute atomic E-state index is 5.82. The number of rotatable bonds is 5. The first-order valence-corrected chi connectivity index (χ1v) is 7.48. The Morgan fingerprint density at radius 2 is 1.61 bits per heavy atom. The molecule has 0 aliphatic rings. The zero-order chi connectivity index (χ0) is 15.9. The number of nitrogens with one attached hydrogen (secondary N) is 1. The molecule has 0 atom stereocenters. The third kappa shape index (κ3) is 4.45. The topological polar surface area (TPSA) is 33.6 Å². The second-order valence-corrected chi connectivity index (χ2v) is 5.23. The van der Waals surface area contributed by atoms with Crippen molar-refractivity contribution in [3.8, 4) is 11.5 Å². The van der Waals surface area contributed by atoms with E-state index in [1.807, 2.05) is 72.8 Å². The predicted molar refractivity (Wildman–Crippen MR) is 95.4 cm³/mol. The molecule has 0 radical (unpaired) electrons. The highest BCUT2D eigenvalue weighted by Crippen LogP contribution is 2.21. The molecule has 0 amide bonds. The number of ether oxygens (including phenoxy) is 1. The van der Waals surface area contributed by atoms with Crippen molar-refractivity contribution in [1.82, 2.24) is 0 Å². The van der Waals surface area contributed by atoms with Crippen LogP contribution in [0.3, 0.4) is 0 Å². The fourth-order valence-electron chi connectivity index (χ4n) is 2.18. The average molecular weight is 302 g/mol. The van der Waals surface area contributed by atoms with Crippen molar-refractivity contribution in [2.45, 2.75) is 6.92 Å². The largest absolute Gasteiger partial charge is 0.457 e. The number of hydrogen-bond donors (Lipinski definition) is 1. The number of nitrogens with zero attached hydrogens (tertiary/aromatic N) is 1. The van der Waals surface area contributed by atoms with Gasteiger partial charge in [0.05, 0.1) is 11.9 Å². The van der Waals surface area contributed by atoms with E-state index in [-0.39, 0.29) is 0 Å². The molecule has 3 aromatic rings. The van der Waals surface area contributed by atoms with Gasteiger partial charge in [-0.1, -0.05) is 42.5 Å². The summed E-state index contributed by atoms with van der Waals surface area (Å²) in [6.45, 7) is 2.05. The van der Waals surface area contributed by atoms with E-state index >= 15 is 0 Å². The number of anilines is 1. The van der Waals surface area contributed by atoms with Gasteiger partial charge in [0.1, 0.15) is 11.5 Å². The van der Waals surface area contributed by atoms with Gasteiger partial charge in [-0.25, -0.2) is 0 Å². The smallest absolute Gasteiger partial charge is 0.128 e. The van der Waals surface area contributed by atoms with Crippen LogP contribution in [0.25, 0.3) is 0 Å². The molecule has 0 saturated heterocycles. The minimum absolute atomic E-state index is 0.788. The van der Waals surface area contributed by atoms with E-state index in [9.17, 15) is 0 Å². The maximum Gasteiger partial charge on any atom is 0.128 e. The Morgan fingerprint density at radius 3 is 2.43 bits per heavy atom. The Hall–Kier alpha value is -3.07. The molecular formula is C20H18N2O. The van der Waals surface area contributed by atoms with Gasteiger partial charge in [-0.2, -0.15) is 5.10 Å². The van der Waals surface area contributed by atoms with E-state index < -0.39 is 0 Å². The van der Waals surface area contributed by atoms with Crippen LogP contribution in [0.5, 0.6) is 11.5 Å². The van der Waals surface area contributed by atoms with Crippen LogP contribution in [0.15, 0.2) is 84.0 Å². The second-order valence-electron chi connectivity index (χ2n) is 5.23. The second kappa shape index (κ2) is 7.27. The molecule has 0 spiro atoms. The molecule has 23 heavy (non-hydrogen) atoms. The normalized spacial score (nSPS) is 10.7. The summed E-state index contributed by atoms with van der Waals surface area (Å²) in [5.74, 6) is 1.61. The lowest BCUT2D eigenvalue weighted by atomic mass is 10.2. The molecule has 114 valence electrons. The van der Waals surface area contributed by atoms with Crippen LogP contribution in [0.4, 0.5) is 5.69 Å². The van der Waals surface area contributed by atoms with E-state index in [1.54, 1.807) is 6.21 Å². The molecule has 0 aliphatic carbocycles. The van der Waals surface area contributed by atoms with Crippen LogP contribution in [0.2, 0.25) is 0 Å². The number of aryl methyl sites for hydroxylation is 1. The van der Waals surface area contributed by atoms with Gasteiger partial charge in [-0.05, 0) is 54.4 Å². The lowest BCUT2D eigenvalue weighted by molar-refractivity contribution is 0.482. The molecule has 1 N–H and O–H groups in total. The van der Waals surface area contributed by atoms with Crippen LogP contribution in [0.1, 0.15) is 11.1 Å². The lowest BCUT2D eigenvalue weighted by Gasteiger charge is -2.06. The number of hydrogen-bond acceptors (Lipinski definition) is 3. The first-order chi connectivity index (χ1) is 11.3. The quantitative estimate of drug-likeness (QED) is 0.517. The Labute approximate surface area is 136 Å². The Bertz CT molecular complexity index is 798. The molecule has 0 heterocycles. The molecule has 0 aromatic heterocycles. The molecule has 0 fully saturated rings. The van der Waals surface area contributed by atoms with Crippen LogP contribution in [-0.2, 0) is 0 Å². The van der Waals surface area contributed by atoms with Gasteiger partial charge in [0.2, 0.25) is 0 Å². The molecule has 0 bridgehead atoms. The predicted octanol–water partition coefficient (Wildman–Crippen LogP) is 5.23. The van der Waals surface area contributed by atoms with Gasteiger partial charge >= 0.3 is 0 Å². The fraction of sp³-hybridized carbons (Fsp3) is 0.0500. The highest BCUT2D eigenvalue weighted by atomic mass is 16.5. The van der Waals surface area contributed by atoms with Crippen LogP contribution >= 0.6 is 0 Å². The van der Waals surface area contributed by atoms with Gasteiger partial charge in [-0.3, -0.25) is 5.43 Å². The first-order valence-electron chi connectivity index (χ1n) is 7.48. The standard InChI is InChI=1S/C20H18N2O/c1-16-7-5-9-18(13-16)22-21-15-17-8-6-12-20(14-17)23-19-10-3-2-4-11-19/h2-15,22H,1H3/b21-15-. The molecule has 3 aromatic carbocycles. The van der Waals surface area contributed by atoms with Gasteiger partial charge in [-0.15, -0.1) is 0 Å². The highest BCUT2D eigenvalue weighted by Gasteiger charge is 1.97. The van der Waals surface area contributed by atoms with Gasteiger partial charge in [0.25, 0.3) is 0 Å². The third-order valence-electron chi connectivity index (χ3n) is 3.26. The SMILES string of the molecule is Cc1cccc(N/N=C\c2cccc(Oc3ccccc3)c2)c1. The Morgan fingerprint density at radius 1 is 0.826 bits per heavy atom. The van der Waals surface area contributed by atoms with Crippen molar-refractivity contribution in [3.63, 3.8) is 0 Å². The molecule has 0 aliphatic heterocycles. The van der Waals surface area contributed by atoms with Crippen LogP contribution in [-0.4, -0.2) is 6.21 Å². The monoisotopic (exact) mass is 302 g/mol. The number of benzene rings is 3. The molecule has 3 nitrogen and oxygen atoms in total. The summed E-state index contributed by atoms with van der Waals surface area (Å²) in [6, 6.07) is 25.6. The Balaban J connectivity index is 1.66. The zero-order valence-corrected chi connectivity index (χ0v) is 12.9. The average Bonchev–Trinajstić information content (AvgIpc) is 2.56. The molecule has 3 heteroatoms. The van der Waals surface area contributed by atoms with Crippen molar-refractivity contribution in [2.75, 3.05) is 5.43 Å². The maximum atomic E-state index is 5.82. The summed E-state index contributed by atoms with van der Waals surface area (Å²) < 4.78 is 5.82. The van der Waals surface area contributed by atoms with E-state index in [4.69, 9.17) is 4.74 Å². The summed E-state index contributed by atoms with van der Waals surface area (Å²) in [6.07, 6.45) is 1.78. The van der Waals surface area contributed by atoms with Gasteiger partial charge in [0.15, 0.2) is 0 Å². The molecule has 0 unspecified atom stereocenters.